The minimum Gasteiger partial charge on any atom is -0.293 e. The Kier molecular flexibility index (Phi) is 3.58. The van der Waals surface area contributed by atoms with Gasteiger partial charge in [0.1, 0.15) is 0 Å². The number of para-hydroxylation sites is 1. The third kappa shape index (κ3) is 2.32. The minimum absolute atomic E-state index is 0.0919. The zero-order valence-corrected chi connectivity index (χ0v) is 14.6. The molecular weight excluding hydrogens is 340 g/mol. The largest absolute Gasteiger partial charge is 0.293 e. The van der Waals surface area contributed by atoms with Crippen molar-refractivity contribution in [1.82, 2.24) is 4.90 Å². The average molecular weight is 358 g/mol. The van der Waals surface area contributed by atoms with E-state index >= 15 is 0 Å². The summed E-state index contributed by atoms with van der Waals surface area (Å²) in [4.78, 5) is 42.3. The Morgan fingerprint density at radius 1 is 0.778 bits per heavy atom. The zero-order chi connectivity index (χ0) is 18.5. The molecule has 0 aromatic heterocycles. The number of carbonyl (C=O) groups is 3. The van der Waals surface area contributed by atoms with Crippen molar-refractivity contribution in [3.8, 4) is 0 Å². The topological polar surface area (TPSA) is 57.7 Å². The van der Waals surface area contributed by atoms with Crippen LogP contribution in [0.1, 0.15) is 5.56 Å². The fourth-order valence-electron chi connectivity index (χ4n) is 4.69. The van der Waals surface area contributed by atoms with E-state index in [0.717, 1.165) is 5.56 Å². The second-order valence-electron chi connectivity index (χ2n) is 7.25. The maximum atomic E-state index is 13.2. The van der Waals surface area contributed by atoms with Crippen LogP contribution in [0, 0.1) is 11.8 Å². The van der Waals surface area contributed by atoms with Crippen LogP contribution >= 0.6 is 0 Å². The Hall–Kier alpha value is -3.05. The van der Waals surface area contributed by atoms with E-state index in [1.54, 1.807) is 36.4 Å². The molecule has 2 aromatic carbocycles. The fraction of sp³-hybridized carbons (Fsp3) is 0.227. The molecule has 134 valence electrons. The van der Waals surface area contributed by atoms with Crippen molar-refractivity contribution in [2.24, 2.45) is 11.8 Å². The van der Waals surface area contributed by atoms with Crippen molar-refractivity contribution in [3.63, 3.8) is 0 Å². The van der Waals surface area contributed by atoms with Crippen LogP contribution in [0.25, 0.3) is 0 Å². The summed E-state index contributed by atoms with van der Waals surface area (Å²) >= 11 is 0. The lowest BCUT2D eigenvalue weighted by atomic mass is 9.90. The standard InChI is InChI=1S/C22H18N2O3/c25-17-12-11-16-18-19(20(17)23(16)13-14-7-3-1-4-8-14)22(27)24(21(18)26)15-9-5-2-6-10-15/h1-12,16,18-20H,13H2/t16-,18+,19-,20+/m0/s1. The van der Waals surface area contributed by atoms with Gasteiger partial charge in [0.05, 0.1) is 23.6 Å². The van der Waals surface area contributed by atoms with Crippen molar-refractivity contribution in [2.45, 2.75) is 18.6 Å². The summed E-state index contributed by atoms with van der Waals surface area (Å²) in [6.45, 7) is 0.547. The van der Waals surface area contributed by atoms with Crippen LogP contribution < -0.4 is 4.90 Å². The van der Waals surface area contributed by atoms with Crippen molar-refractivity contribution in [3.05, 3.63) is 78.4 Å². The molecule has 0 unspecified atom stereocenters. The highest BCUT2D eigenvalue weighted by Crippen LogP contribution is 2.47. The lowest BCUT2D eigenvalue weighted by Crippen LogP contribution is -2.48. The molecule has 0 radical (unpaired) electrons. The summed E-state index contributed by atoms with van der Waals surface area (Å²) in [5, 5.41) is 0. The van der Waals surface area contributed by atoms with Gasteiger partial charge in [-0.15, -0.1) is 0 Å². The molecule has 3 heterocycles. The molecule has 27 heavy (non-hydrogen) atoms. The van der Waals surface area contributed by atoms with E-state index in [9.17, 15) is 14.4 Å². The monoisotopic (exact) mass is 358 g/mol. The van der Waals surface area contributed by atoms with Gasteiger partial charge in [0.25, 0.3) is 0 Å². The molecule has 5 nitrogen and oxygen atoms in total. The van der Waals surface area contributed by atoms with Gasteiger partial charge in [0, 0.05) is 12.6 Å². The number of nitrogens with zero attached hydrogens (tertiary/aromatic N) is 2. The molecule has 5 heteroatoms. The number of ketones is 1. The highest BCUT2D eigenvalue weighted by Gasteiger charge is 2.64. The maximum Gasteiger partial charge on any atom is 0.239 e. The predicted molar refractivity (Wildman–Crippen MR) is 99.6 cm³/mol. The number of imide groups is 1. The van der Waals surface area contributed by atoms with Crippen molar-refractivity contribution < 1.29 is 14.4 Å². The minimum atomic E-state index is -0.617. The summed E-state index contributed by atoms with van der Waals surface area (Å²) in [5.74, 6) is -1.69. The number of hydrogen-bond acceptors (Lipinski definition) is 4. The highest BCUT2D eigenvalue weighted by molar-refractivity contribution is 6.24. The molecule has 3 aliphatic heterocycles. The summed E-state index contributed by atoms with van der Waals surface area (Å²) in [6.07, 6.45) is 3.34. The number of rotatable bonds is 3. The van der Waals surface area contributed by atoms with Crippen molar-refractivity contribution in [1.29, 1.82) is 0 Å². The summed E-state index contributed by atoms with van der Waals surface area (Å²) < 4.78 is 0. The van der Waals surface area contributed by atoms with Gasteiger partial charge in [0.2, 0.25) is 11.8 Å². The molecule has 2 bridgehead atoms. The molecule has 0 N–H and O–H groups in total. The molecule has 2 fully saturated rings. The van der Waals surface area contributed by atoms with Crippen LogP contribution in [0.15, 0.2) is 72.8 Å². The molecule has 5 rings (SSSR count). The Morgan fingerprint density at radius 3 is 2.11 bits per heavy atom. The first-order valence-electron chi connectivity index (χ1n) is 9.11. The Morgan fingerprint density at radius 2 is 1.41 bits per heavy atom. The van der Waals surface area contributed by atoms with Gasteiger partial charge in [-0.3, -0.25) is 19.3 Å². The molecule has 2 aromatic rings. The number of carbonyl (C=O) groups excluding carboxylic acids is 3. The van der Waals surface area contributed by atoms with Gasteiger partial charge < -0.3 is 0 Å². The summed E-state index contributed by atoms with van der Waals surface area (Å²) in [7, 11) is 0. The van der Waals surface area contributed by atoms with E-state index in [-0.39, 0.29) is 23.6 Å². The van der Waals surface area contributed by atoms with E-state index in [4.69, 9.17) is 0 Å². The number of benzene rings is 2. The highest BCUT2D eigenvalue weighted by atomic mass is 16.2. The first kappa shape index (κ1) is 16.1. The normalized spacial score (nSPS) is 29.5. The zero-order valence-electron chi connectivity index (χ0n) is 14.6. The van der Waals surface area contributed by atoms with Crippen molar-refractivity contribution >= 4 is 23.3 Å². The van der Waals surface area contributed by atoms with Gasteiger partial charge in [-0.25, -0.2) is 4.90 Å². The fourth-order valence-corrected chi connectivity index (χ4v) is 4.69. The molecular formula is C22H18N2O3. The smallest absolute Gasteiger partial charge is 0.239 e. The molecule has 4 atom stereocenters. The SMILES string of the molecule is O=C1C=C[C@H]2[C@H]3C(=O)N(c4ccccc4)C(=O)[C@@H]3[C@@H]1N2Cc1ccccc1. The van der Waals surface area contributed by atoms with Crippen LogP contribution in [0.4, 0.5) is 5.69 Å². The molecule has 2 amide bonds. The second kappa shape index (κ2) is 5.99. The van der Waals surface area contributed by atoms with Crippen LogP contribution in [0.2, 0.25) is 0 Å². The first-order valence-corrected chi connectivity index (χ1v) is 9.11. The van der Waals surface area contributed by atoms with E-state index in [1.165, 1.54) is 4.90 Å². The quantitative estimate of drug-likeness (QED) is 0.789. The second-order valence-corrected chi connectivity index (χ2v) is 7.25. The third-order valence-corrected chi connectivity index (χ3v) is 5.82. The van der Waals surface area contributed by atoms with Gasteiger partial charge in [-0.05, 0) is 23.8 Å². The van der Waals surface area contributed by atoms with E-state index in [2.05, 4.69) is 0 Å². The number of anilines is 1. The predicted octanol–water partition coefficient (Wildman–Crippen LogP) is 2.18. The molecule has 0 spiro atoms. The Bertz CT molecular complexity index is 952. The molecule has 2 saturated heterocycles. The average Bonchev–Trinajstić information content (AvgIpc) is 3.07. The number of amides is 2. The first-order chi connectivity index (χ1) is 13.2. The van der Waals surface area contributed by atoms with Crippen LogP contribution in [0.3, 0.4) is 0 Å². The van der Waals surface area contributed by atoms with Crippen LogP contribution in [-0.4, -0.2) is 34.6 Å². The number of hydrogen-bond donors (Lipinski definition) is 0. The van der Waals surface area contributed by atoms with E-state index in [1.807, 2.05) is 41.3 Å². The molecule has 3 aliphatic rings. The third-order valence-electron chi connectivity index (χ3n) is 5.82. The Labute approximate surface area is 156 Å². The maximum absolute atomic E-state index is 13.2. The lowest BCUT2D eigenvalue weighted by Gasteiger charge is -2.33. The van der Waals surface area contributed by atoms with Gasteiger partial charge >= 0.3 is 0 Å². The van der Waals surface area contributed by atoms with Gasteiger partial charge in [-0.2, -0.15) is 0 Å². The van der Waals surface area contributed by atoms with Crippen LogP contribution in [0.5, 0.6) is 0 Å². The Balaban J connectivity index is 1.53. The summed E-state index contributed by atoms with van der Waals surface area (Å²) in [5.41, 5.74) is 1.64. The number of fused-ring (bicyclic) bond motifs is 5. The van der Waals surface area contributed by atoms with Crippen molar-refractivity contribution in [2.75, 3.05) is 4.90 Å². The van der Waals surface area contributed by atoms with E-state index in [0.29, 0.717) is 12.2 Å². The van der Waals surface area contributed by atoms with Crippen LogP contribution in [-0.2, 0) is 20.9 Å². The van der Waals surface area contributed by atoms with E-state index < -0.39 is 17.9 Å². The van der Waals surface area contributed by atoms with Gasteiger partial charge in [-0.1, -0.05) is 54.6 Å². The lowest BCUT2D eigenvalue weighted by molar-refractivity contribution is -0.129. The molecule has 0 saturated carbocycles. The molecule has 0 aliphatic carbocycles. The van der Waals surface area contributed by atoms with Gasteiger partial charge in [0.15, 0.2) is 5.78 Å². The summed E-state index contributed by atoms with van der Waals surface area (Å²) in [6, 6.07) is 18.0.